The lowest BCUT2D eigenvalue weighted by atomic mass is 10.1. The average molecular weight is 303 g/mol. The van der Waals surface area contributed by atoms with Gasteiger partial charge in [0.15, 0.2) is 0 Å². The Morgan fingerprint density at radius 1 is 1.29 bits per heavy atom. The molecule has 1 heterocycles. The largest absolute Gasteiger partial charge is 0.494 e. The Balaban J connectivity index is 1.82. The van der Waals surface area contributed by atoms with Gasteiger partial charge in [0.05, 0.1) is 12.6 Å². The van der Waals surface area contributed by atoms with Gasteiger partial charge in [-0.25, -0.2) is 0 Å². The Hall–Kier alpha value is -1.81. The molecule has 3 nitrogen and oxygen atoms in total. The fourth-order valence-electron chi connectivity index (χ4n) is 2.11. The lowest BCUT2D eigenvalue weighted by Crippen LogP contribution is -2.26. The summed E-state index contributed by atoms with van der Waals surface area (Å²) in [5.41, 5.74) is 2.31. The van der Waals surface area contributed by atoms with Crippen molar-refractivity contribution in [1.82, 2.24) is 5.32 Å². The highest BCUT2D eigenvalue weighted by atomic mass is 32.1. The first-order chi connectivity index (χ1) is 10.2. The molecule has 0 aliphatic heterocycles. The first kappa shape index (κ1) is 15.6. The van der Waals surface area contributed by atoms with Gasteiger partial charge in [0.2, 0.25) is 5.91 Å². The Bertz CT molecular complexity index is 549. The van der Waals surface area contributed by atoms with Gasteiger partial charge in [0, 0.05) is 6.42 Å². The molecule has 0 radical (unpaired) electrons. The monoisotopic (exact) mass is 303 g/mol. The molecule has 1 atom stereocenters. The van der Waals surface area contributed by atoms with Crippen molar-refractivity contribution in [2.45, 2.75) is 32.7 Å². The van der Waals surface area contributed by atoms with Gasteiger partial charge in [-0.3, -0.25) is 4.79 Å². The van der Waals surface area contributed by atoms with E-state index in [1.807, 2.05) is 43.5 Å². The predicted octanol–water partition coefficient (Wildman–Crippen LogP) is 3.96. The van der Waals surface area contributed by atoms with Crippen LogP contribution in [-0.2, 0) is 11.2 Å². The molecular formula is C17H21NO2S. The summed E-state index contributed by atoms with van der Waals surface area (Å²) >= 11 is 1.66. The Morgan fingerprint density at radius 2 is 2.05 bits per heavy atom. The zero-order chi connectivity index (χ0) is 15.1. The molecule has 1 aromatic heterocycles. The van der Waals surface area contributed by atoms with Crippen LogP contribution >= 0.6 is 11.3 Å². The van der Waals surface area contributed by atoms with Crippen LogP contribution in [0.15, 0.2) is 41.1 Å². The third-order valence-corrected chi connectivity index (χ3v) is 4.02. The molecule has 0 fully saturated rings. The molecule has 2 rings (SSSR count). The van der Waals surface area contributed by atoms with Crippen LogP contribution in [0, 0.1) is 0 Å². The second-order valence-corrected chi connectivity index (χ2v) is 5.70. The molecule has 0 aliphatic rings. The number of aryl methyl sites for hydroxylation is 1. The number of carbonyl (C=O) groups excluding carboxylic acids is 1. The van der Waals surface area contributed by atoms with Crippen LogP contribution in [0.1, 0.15) is 37.4 Å². The maximum Gasteiger partial charge on any atom is 0.220 e. The number of amides is 1. The average Bonchev–Trinajstić information content (AvgIpc) is 2.99. The summed E-state index contributed by atoms with van der Waals surface area (Å²) in [4.78, 5) is 12.0. The van der Waals surface area contributed by atoms with E-state index in [9.17, 15) is 4.79 Å². The highest BCUT2D eigenvalue weighted by Crippen LogP contribution is 2.18. The van der Waals surface area contributed by atoms with Crippen molar-refractivity contribution in [3.05, 3.63) is 52.2 Å². The quantitative estimate of drug-likeness (QED) is 0.841. The molecule has 0 spiro atoms. The minimum absolute atomic E-state index is 0.00986. The van der Waals surface area contributed by atoms with Crippen LogP contribution in [-0.4, -0.2) is 12.5 Å². The van der Waals surface area contributed by atoms with Crippen LogP contribution in [0.3, 0.4) is 0 Å². The van der Waals surface area contributed by atoms with E-state index in [2.05, 4.69) is 16.8 Å². The number of hydrogen-bond donors (Lipinski definition) is 1. The topological polar surface area (TPSA) is 38.3 Å². The number of carbonyl (C=O) groups is 1. The molecule has 1 amide bonds. The van der Waals surface area contributed by atoms with Crippen LogP contribution in [0.2, 0.25) is 0 Å². The first-order valence-electron chi connectivity index (χ1n) is 7.22. The molecule has 1 aromatic carbocycles. The molecule has 0 saturated heterocycles. The predicted molar refractivity (Wildman–Crippen MR) is 86.8 cm³/mol. The summed E-state index contributed by atoms with van der Waals surface area (Å²) in [5.74, 6) is 0.944. The SMILES string of the molecule is CCOc1ccc(C(C)NC(=O)CCc2ccsc2)cc1. The summed E-state index contributed by atoms with van der Waals surface area (Å²) in [6.45, 7) is 4.62. The summed E-state index contributed by atoms with van der Waals surface area (Å²) in [6.07, 6.45) is 1.32. The minimum atomic E-state index is 0.00986. The van der Waals surface area contributed by atoms with Gasteiger partial charge in [-0.1, -0.05) is 12.1 Å². The van der Waals surface area contributed by atoms with Gasteiger partial charge in [0.1, 0.15) is 5.75 Å². The molecule has 2 aromatic rings. The number of ether oxygens (including phenoxy) is 1. The molecule has 112 valence electrons. The first-order valence-corrected chi connectivity index (χ1v) is 8.16. The third kappa shape index (κ3) is 4.90. The fraction of sp³-hybridized carbons (Fsp3) is 0.353. The molecule has 1 N–H and O–H groups in total. The van der Waals surface area contributed by atoms with Gasteiger partial charge < -0.3 is 10.1 Å². The van der Waals surface area contributed by atoms with Crippen LogP contribution in [0.5, 0.6) is 5.75 Å². The maximum absolute atomic E-state index is 12.0. The maximum atomic E-state index is 12.0. The molecule has 1 unspecified atom stereocenters. The Morgan fingerprint density at radius 3 is 2.67 bits per heavy atom. The minimum Gasteiger partial charge on any atom is -0.494 e. The van der Waals surface area contributed by atoms with Crippen molar-refractivity contribution < 1.29 is 9.53 Å². The van der Waals surface area contributed by atoms with Crippen molar-refractivity contribution >= 4 is 17.2 Å². The van der Waals surface area contributed by atoms with Crippen LogP contribution in [0.25, 0.3) is 0 Å². The van der Waals surface area contributed by atoms with E-state index in [-0.39, 0.29) is 11.9 Å². The normalized spacial score (nSPS) is 11.9. The highest BCUT2D eigenvalue weighted by Gasteiger charge is 2.10. The van der Waals surface area contributed by atoms with E-state index < -0.39 is 0 Å². The molecular weight excluding hydrogens is 282 g/mol. The lowest BCUT2D eigenvalue weighted by Gasteiger charge is -2.15. The number of nitrogens with one attached hydrogen (secondary N) is 1. The van der Waals surface area contributed by atoms with Gasteiger partial charge in [-0.05, 0) is 60.4 Å². The van der Waals surface area contributed by atoms with E-state index in [1.165, 1.54) is 5.56 Å². The molecule has 0 saturated carbocycles. The van der Waals surface area contributed by atoms with Gasteiger partial charge in [-0.15, -0.1) is 0 Å². The summed E-state index contributed by atoms with van der Waals surface area (Å²) in [5, 5.41) is 7.16. The third-order valence-electron chi connectivity index (χ3n) is 3.29. The molecule has 21 heavy (non-hydrogen) atoms. The van der Waals surface area contributed by atoms with Crippen LogP contribution in [0.4, 0.5) is 0 Å². The fourth-order valence-corrected chi connectivity index (χ4v) is 2.81. The number of rotatable bonds is 7. The van der Waals surface area contributed by atoms with E-state index in [4.69, 9.17) is 4.74 Å². The summed E-state index contributed by atoms with van der Waals surface area (Å²) < 4.78 is 5.42. The van der Waals surface area contributed by atoms with Gasteiger partial charge >= 0.3 is 0 Å². The summed E-state index contributed by atoms with van der Waals surface area (Å²) in [6, 6.07) is 9.94. The molecule has 0 bridgehead atoms. The Labute approximate surface area is 130 Å². The van der Waals surface area contributed by atoms with E-state index in [0.717, 1.165) is 17.7 Å². The van der Waals surface area contributed by atoms with E-state index in [0.29, 0.717) is 13.0 Å². The van der Waals surface area contributed by atoms with Crippen molar-refractivity contribution in [2.24, 2.45) is 0 Å². The van der Waals surface area contributed by atoms with Crippen LogP contribution < -0.4 is 10.1 Å². The van der Waals surface area contributed by atoms with Gasteiger partial charge in [-0.2, -0.15) is 11.3 Å². The number of hydrogen-bond acceptors (Lipinski definition) is 3. The lowest BCUT2D eigenvalue weighted by molar-refractivity contribution is -0.121. The van der Waals surface area contributed by atoms with Crippen molar-refractivity contribution in [1.29, 1.82) is 0 Å². The smallest absolute Gasteiger partial charge is 0.220 e. The molecule has 4 heteroatoms. The highest BCUT2D eigenvalue weighted by molar-refractivity contribution is 7.07. The van der Waals surface area contributed by atoms with Crippen molar-refractivity contribution in [3.8, 4) is 5.75 Å². The number of thiophene rings is 1. The van der Waals surface area contributed by atoms with E-state index >= 15 is 0 Å². The van der Waals surface area contributed by atoms with E-state index in [1.54, 1.807) is 11.3 Å². The van der Waals surface area contributed by atoms with Crippen molar-refractivity contribution in [3.63, 3.8) is 0 Å². The second-order valence-electron chi connectivity index (χ2n) is 4.92. The Kier molecular flexibility index (Phi) is 5.81. The zero-order valence-electron chi connectivity index (χ0n) is 12.5. The van der Waals surface area contributed by atoms with Crippen molar-refractivity contribution in [2.75, 3.05) is 6.61 Å². The second kappa shape index (κ2) is 7.84. The summed E-state index contributed by atoms with van der Waals surface area (Å²) in [7, 11) is 0. The molecule has 0 aliphatic carbocycles. The van der Waals surface area contributed by atoms with Gasteiger partial charge in [0.25, 0.3) is 0 Å². The standard InChI is InChI=1S/C17H21NO2S/c1-3-20-16-7-5-15(6-8-16)13(2)18-17(19)9-4-14-10-11-21-12-14/h5-8,10-13H,3-4,9H2,1-2H3,(H,18,19). The number of benzene rings is 1. The zero-order valence-corrected chi connectivity index (χ0v) is 13.3.